The monoisotopic (exact) mass is 216 g/mol. The minimum Gasteiger partial charge on any atom is -0.379 e. The van der Waals surface area contributed by atoms with Crippen LogP contribution < -0.4 is 5.32 Å². The van der Waals surface area contributed by atoms with Gasteiger partial charge in [-0.2, -0.15) is 0 Å². The van der Waals surface area contributed by atoms with Gasteiger partial charge in [0.1, 0.15) is 0 Å². The normalized spacial score (nSPS) is 16.8. The summed E-state index contributed by atoms with van der Waals surface area (Å²) in [6, 6.07) is 0. The van der Waals surface area contributed by atoms with Crippen molar-refractivity contribution < 1.29 is 0 Å². The van der Waals surface area contributed by atoms with Gasteiger partial charge in [0.25, 0.3) is 0 Å². The molecule has 0 aliphatic carbocycles. The van der Waals surface area contributed by atoms with Gasteiger partial charge in [0.05, 0.1) is 4.99 Å². The molecule has 0 bridgehead atoms. The Bertz CT molecular complexity index is 142. The van der Waals surface area contributed by atoms with Gasteiger partial charge in [0.2, 0.25) is 0 Å². The molecule has 2 nitrogen and oxygen atoms in total. The van der Waals surface area contributed by atoms with Crippen molar-refractivity contribution in [2.24, 2.45) is 0 Å². The molecule has 0 aromatic rings. The molecule has 14 heavy (non-hydrogen) atoms. The van der Waals surface area contributed by atoms with Crippen molar-refractivity contribution in [3.8, 4) is 0 Å². The standard InChI is InChI=1S/C9H18N2S.C2H6/c1-9(12)10-5-8-11-6-3-2-4-7-11;1-2/h2-8H2,1H3,(H,10,12);1-2H3. The fourth-order valence-corrected chi connectivity index (χ4v) is 1.68. The van der Waals surface area contributed by atoms with Crippen molar-refractivity contribution in [2.75, 3.05) is 26.2 Å². The molecule has 1 aliphatic heterocycles. The molecule has 0 saturated carbocycles. The molecule has 1 N–H and O–H groups in total. The quantitative estimate of drug-likeness (QED) is 0.730. The van der Waals surface area contributed by atoms with Crippen molar-refractivity contribution in [3.05, 3.63) is 0 Å². The molecule has 1 aliphatic rings. The van der Waals surface area contributed by atoms with E-state index in [-0.39, 0.29) is 0 Å². The third kappa shape index (κ3) is 7.27. The van der Waals surface area contributed by atoms with Crippen LogP contribution in [0.2, 0.25) is 0 Å². The van der Waals surface area contributed by atoms with Crippen LogP contribution in [0.1, 0.15) is 40.0 Å². The second-order valence-electron chi connectivity index (χ2n) is 3.39. The molecule has 0 amide bonds. The Labute approximate surface area is 94.1 Å². The van der Waals surface area contributed by atoms with E-state index < -0.39 is 0 Å². The van der Waals surface area contributed by atoms with Gasteiger partial charge in [-0.05, 0) is 32.9 Å². The lowest BCUT2D eigenvalue weighted by Crippen LogP contribution is -2.36. The highest BCUT2D eigenvalue weighted by atomic mass is 32.1. The first-order chi connectivity index (χ1) is 6.79. The topological polar surface area (TPSA) is 15.3 Å². The minimum absolute atomic E-state index is 0.909. The molecule has 1 rings (SSSR count). The van der Waals surface area contributed by atoms with Crippen molar-refractivity contribution >= 4 is 17.2 Å². The molecule has 0 unspecified atom stereocenters. The Morgan fingerprint density at radius 3 is 2.29 bits per heavy atom. The molecule has 0 atom stereocenters. The number of nitrogens with zero attached hydrogens (tertiary/aromatic N) is 1. The molecule has 3 heteroatoms. The van der Waals surface area contributed by atoms with Crippen LogP contribution in [0.4, 0.5) is 0 Å². The van der Waals surface area contributed by atoms with Gasteiger partial charge >= 0.3 is 0 Å². The molecule has 1 fully saturated rings. The van der Waals surface area contributed by atoms with Crippen LogP contribution in [-0.2, 0) is 0 Å². The predicted octanol–water partition coefficient (Wildman–Crippen LogP) is 2.44. The Morgan fingerprint density at radius 2 is 1.79 bits per heavy atom. The number of likely N-dealkylation sites (tertiary alicyclic amines) is 1. The van der Waals surface area contributed by atoms with Crippen LogP contribution in [0.15, 0.2) is 0 Å². The summed E-state index contributed by atoms with van der Waals surface area (Å²) in [5.41, 5.74) is 0. The first-order valence-electron chi connectivity index (χ1n) is 5.76. The van der Waals surface area contributed by atoms with E-state index in [1.807, 2.05) is 20.8 Å². The molecule has 84 valence electrons. The van der Waals surface area contributed by atoms with Crippen LogP contribution in [0.25, 0.3) is 0 Å². The molecular formula is C11H24N2S. The SMILES string of the molecule is CC.CC(=S)NCCN1CCCCC1. The summed E-state index contributed by atoms with van der Waals surface area (Å²) in [6.45, 7) is 10.6. The van der Waals surface area contributed by atoms with Gasteiger partial charge in [-0.15, -0.1) is 0 Å². The third-order valence-electron chi connectivity index (χ3n) is 2.25. The van der Waals surface area contributed by atoms with Gasteiger partial charge in [-0.3, -0.25) is 0 Å². The van der Waals surface area contributed by atoms with Crippen LogP contribution in [-0.4, -0.2) is 36.1 Å². The lowest BCUT2D eigenvalue weighted by Gasteiger charge is -2.26. The first kappa shape index (κ1) is 13.8. The lowest BCUT2D eigenvalue weighted by molar-refractivity contribution is 0.232. The van der Waals surface area contributed by atoms with E-state index in [0.717, 1.165) is 18.1 Å². The Hall–Kier alpha value is -0.150. The van der Waals surface area contributed by atoms with E-state index in [9.17, 15) is 0 Å². The summed E-state index contributed by atoms with van der Waals surface area (Å²) in [4.78, 5) is 3.42. The summed E-state index contributed by atoms with van der Waals surface area (Å²) in [5, 5.41) is 3.18. The highest BCUT2D eigenvalue weighted by Crippen LogP contribution is 2.07. The first-order valence-corrected chi connectivity index (χ1v) is 6.16. The van der Waals surface area contributed by atoms with Crippen LogP contribution in [0, 0.1) is 0 Å². The number of nitrogens with one attached hydrogen (secondary N) is 1. The van der Waals surface area contributed by atoms with Crippen molar-refractivity contribution in [3.63, 3.8) is 0 Å². The van der Waals surface area contributed by atoms with Crippen molar-refractivity contribution in [1.82, 2.24) is 10.2 Å². The van der Waals surface area contributed by atoms with E-state index in [2.05, 4.69) is 10.2 Å². The van der Waals surface area contributed by atoms with Gasteiger partial charge in [-0.1, -0.05) is 32.5 Å². The average molecular weight is 216 g/mol. The summed E-state index contributed by atoms with van der Waals surface area (Å²) in [6.07, 6.45) is 4.16. The maximum absolute atomic E-state index is 4.93. The van der Waals surface area contributed by atoms with Crippen LogP contribution >= 0.6 is 12.2 Å². The molecule has 0 radical (unpaired) electrons. The van der Waals surface area contributed by atoms with E-state index in [0.29, 0.717) is 0 Å². The zero-order valence-electron chi connectivity index (χ0n) is 9.81. The Morgan fingerprint density at radius 1 is 1.21 bits per heavy atom. The smallest absolute Gasteiger partial charge is 0.0722 e. The maximum atomic E-state index is 4.93. The molecule has 1 saturated heterocycles. The van der Waals surface area contributed by atoms with E-state index >= 15 is 0 Å². The summed E-state index contributed by atoms with van der Waals surface area (Å²) in [5.74, 6) is 0. The minimum atomic E-state index is 0.909. The van der Waals surface area contributed by atoms with Gasteiger partial charge < -0.3 is 10.2 Å². The van der Waals surface area contributed by atoms with Crippen molar-refractivity contribution in [2.45, 2.75) is 40.0 Å². The largest absolute Gasteiger partial charge is 0.379 e. The number of hydrogen-bond donors (Lipinski definition) is 1. The highest BCUT2D eigenvalue weighted by molar-refractivity contribution is 7.80. The van der Waals surface area contributed by atoms with E-state index in [4.69, 9.17) is 12.2 Å². The summed E-state index contributed by atoms with van der Waals surface area (Å²) < 4.78 is 0. The molecular weight excluding hydrogens is 192 g/mol. The summed E-state index contributed by atoms with van der Waals surface area (Å²) >= 11 is 4.93. The number of hydrogen-bond acceptors (Lipinski definition) is 2. The number of thiocarbonyl (C=S) groups is 1. The van der Waals surface area contributed by atoms with Gasteiger partial charge in [-0.25, -0.2) is 0 Å². The van der Waals surface area contributed by atoms with Crippen LogP contribution in [0.5, 0.6) is 0 Å². The van der Waals surface area contributed by atoms with Gasteiger partial charge in [0.15, 0.2) is 0 Å². The predicted molar refractivity (Wildman–Crippen MR) is 67.9 cm³/mol. The fraction of sp³-hybridized carbons (Fsp3) is 0.909. The molecule has 0 aromatic heterocycles. The lowest BCUT2D eigenvalue weighted by atomic mass is 10.1. The Balaban J connectivity index is 0.000000791. The fourth-order valence-electron chi connectivity index (χ4n) is 1.57. The van der Waals surface area contributed by atoms with Crippen molar-refractivity contribution in [1.29, 1.82) is 0 Å². The molecule has 0 spiro atoms. The molecule has 0 aromatic carbocycles. The van der Waals surface area contributed by atoms with Gasteiger partial charge in [0, 0.05) is 13.1 Å². The van der Waals surface area contributed by atoms with E-state index in [1.54, 1.807) is 0 Å². The third-order valence-corrected chi connectivity index (χ3v) is 2.39. The maximum Gasteiger partial charge on any atom is 0.0722 e. The number of piperidine rings is 1. The zero-order valence-corrected chi connectivity index (χ0v) is 10.6. The average Bonchev–Trinajstić information content (AvgIpc) is 2.22. The second-order valence-corrected chi connectivity index (χ2v) is 4.00. The molecule has 1 heterocycles. The Kier molecular flexibility index (Phi) is 9.31. The second kappa shape index (κ2) is 9.41. The number of rotatable bonds is 3. The van der Waals surface area contributed by atoms with Crippen LogP contribution in [0.3, 0.4) is 0 Å². The van der Waals surface area contributed by atoms with E-state index in [1.165, 1.54) is 32.4 Å². The summed E-state index contributed by atoms with van der Waals surface area (Å²) in [7, 11) is 0. The zero-order chi connectivity index (χ0) is 10.8. The highest BCUT2D eigenvalue weighted by Gasteiger charge is 2.08.